The molecule has 1 saturated carbocycles. The van der Waals surface area contributed by atoms with Gasteiger partial charge in [0.2, 0.25) is 17.7 Å². The van der Waals surface area contributed by atoms with Gasteiger partial charge in [0.05, 0.1) is 13.0 Å². The van der Waals surface area contributed by atoms with Crippen LogP contribution in [0.25, 0.3) is 11.1 Å². The molecule has 41 heavy (non-hydrogen) atoms. The van der Waals surface area contributed by atoms with E-state index in [4.69, 9.17) is 4.74 Å². The van der Waals surface area contributed by atoms with E-state index in [2.05, 4.69) is 20.9 Å². The monoisotopic (exact) mass is 556 g/mol. The molecule has 1 fully saturated rings. The van der Waals surface area contributed by atoms with E-state index in [1.165, 1.54) is 32.1 Å². The van der Waals surface area contributed by atoms with Crippen molar-refractivity contribution in [3.63, 3.8) is 0 Å². The largest absolute Gasteiger partial charge is 0.492 e. The Morgan fingerprint density at radius 1 is 0.756 bits per heavy atom. The van der Waals surface area contributed by atoms with Crippen molar-refractivity contribution in [2.24, 2.45) is 5.92 Å². The number of hydrogen-bond donors (Lipinski definition) is 3. The number of ether oxygens (including phenoxy) is 1. The summed E-state index contributed by atoms with van der Waals surface area (Å²) < 4.78 is 5.74. The summed E-state index contributed by atoms with van der Waals surface area (Å²) in [6.45, 7) is 1.93. The van der Waals surface area contributed by atoms with Gasteiger partial charge in [0.25, 0.3) is 0 Å². The van der Waals surface area contributed by atoms with Crippen LogP contribution in [0.3, 0.4) is 0 Å². The zero-order chi connectivity index (χ0) is 28.7. The minimum atomic E-state index is -0.151. The molecule has 2 aromatic carbocycles. The molecule has 4 rings (SSSR count). The Balaban J connectivity index is 1.10. The van der Waals surface area contributed by atoms with Crippen LogP contribution in [0.4, 0.5) is 0 Å². The molecule has 0 bridgehead atoms. The summed E-state index contributed by atoms with van der Waals surface area (Å²) in [6, 6.07) is 21.3. The lowest BCUT2D eigenvalue weighted by Gasteiger charge is -2.21. The van der Waals surface area contributed by atoms with Gasteiger partial charge in [-0.1, -0.05) is 67.8 Å². The second-order valence-electron chi connectivity index (χ2n) is 10.5. The van der Waals surface area contributed by atoms with Crippen LogP contribution >= 0.6 is 0 Å². The second-order valence-corrected chi connectivity index (χ2v) is 10.5. The standard InChI is InChI=1S/C33H40N4O4/c38-31(17-18-32(39)36-22-25-7-3-1-4-8-25)34-19-20-41-30-15-12-27(13-16-30)28-11-14-29(35-24-28)21-33(40)37-23-26-9-5-2-6-10-26/h2,5-6,9-16,24-25H,1,3-4,7-8,17-23H2,(H,34,38)(H,36,39)(H,37,40). The summed E-state index contributed by atoms with van der Waals surface area (Å²) in [5.41, 5.74) is 3.70. The van der Waals surface area contributed by atoms with Crippen LogP contribution in [0.15, 0.2) is 72.9 Å². The molecule has 0 unspecified atom stereocenters. The summed E-state index contributed by atoms with van der Waals surface area (Å²) >= 11 is 0. The molecule has 3 aromatic rings. The highest BCUT2D eigenvalue weighted by molar-refractivity contribution is 5.83. The smallest absolute Gasteiger partial charge is 0.226 e. The van der Waals surface area contributed by atoms with Crippen molar-refractivity contribution >= 4 is 17.7 Å². The molecule has 8 nitrogen and oxygen atoms in total. The maximum Gasteiger partial charge on any atom is 0.226 e. The lowest BCUT2D eigenvalue weighted by atomic mass is 9.89. The Morgan fingerprint density at radius 3 is 2.17 bits per heavy atom. The van der Waals surface area contributed by atoms with Gasteiger partial charge in [-0.15, -0.1) is 0 Å². The third-order valence-corrected chi connectivity index (χ3v) is 7.27. The van der Waals surface area contributed by atoms with E-state index in [1.807, 2.05) is 66.7 Å². The first-order valence-electron chi connectivity index (χ1n) is 14.6. The molecule has 1 aromatic heterocycles. The van der Waals surface area contributed by atoms with Gasteiger partial charge in [-0.05, 0) is 48.1 Å². The van der Waals surface area contributed by atoms with Crippen LogP contribution in [-0.2, 0) is 27.3 Å². The van der Waals surface area contributed by atoms with Crippen LogP contribution < -0.4 is 20.7 Å². The van der Waals surface area contributed by atoms with E-state index in [0.717, 1.165) is 23.2 Å². The Kier molecular flexibility index (Phi) is 11.7. The average Bonchev–Trinajstić information content (AvgIpc) is 3.02. The SMILES string of the molecule is O=C(CCC(=O)NCC1CCCCC1)NCCOc1ccc(-c2ccc(CC(=O)NCc3ccccc3)nc2)cc1. The number of benzene rings is 2. The number of nitrogens with one attached hydrogen (secondary N) is 3. The molecule has 0 atom stereocenters. The summed E-state index contributed by atoms with van der Waals surface area (Å²) in [5, 5.41) is 8.69. The minimum Gasteiger partial charge on any atom is -0.492 e. The molecule has 1 aliphatic rings. The van der Waals surface area contributed by atoms with Crippen LogP contribution in [0, 0.1) is 5.92 Å². The number of carbonyl (C=O) groups is 3. The molecule has 8 heteroatoms. The Morgan fingerprint density at radius 2 is 1.46 bits per heavy atom. The highest BCUT2D eigenvalue weighted by Crippen LogP contribution is 2.23. The average molecular weight is 557 g/mol. The van der Waals surface area contributed by atoms with E-state index >= 15 is 0 Å². The summed E-state index contributed by atoms with van der Waals surface area (Å²) in [6.07, 6.45) is 8.54. The van der Waals surface area contributed by atoms with E-state index in [9.17, 15) is 14.4 Å². The first-order chi connectivity index (χ1) is 20.0. The highest BCUT2D eigenvalue weighted by Gasteiger charge is 2.14. The third kappa shape index (κ3) is 10.7. The number of rotatable bonds is 14. The fraction of sp³-hybridized carbons (Fsp3) is 0.394. The van der Waals surface area contributed by atoms with Crippen molar-refractivity contribution in [3.8, 4) is 16.9 Å². The van der Waals surface area contributed by atoms with Gasteiger partial charge in [-0.2, -0.15) is 0 Å². The summed E-state index contributed by atoms with van der Waals surface area (Å²) in [4.78, 5) is 40.8. The van der Waals surface area contributed by atoms with Gasteiger partial charge < -0.3 is 20.7 Å². The Bertz CT molecular complexity index is 1240. The van der Waals surface area contributed by atoms with Crippen LogP contribution in [0.1, 0.15) is 56.2 Å². The molecule has 1 aliphatic carbocycles. The molecule has 3 amide bonds. The number of amides is 3. The predicted molar refractivity (Wildman–Crippen MR) is 159 cm³/mol. The van der Waals surface area contributed by atoms with Crippen molar-refractivity contribution in [1.29, 1.82) is 0 Å². The van der Waals surface area contributed by atoms with Crippen LogP contribution in [-0.4, -0.2) is 42.4 Å². The van der Waals surface area contributed by atoms with Gasteiger partial charge in [0, 0.05) is 43.4 Å². The fourth-order valence-corrected chi connectivity index (χ4v) is 4.88. The lowest BCUT2D eigenvalue weighted by Crippen LogP contribution is -2.32. The first kappa shape index (κ1) is 29.8. The summed E-state index contributed by atoms with van der Waals surface area (Å²) in [7, 11) is 0. The van der Waals surface area contributed by atoms with E-state index < -0.39 is 0 Å². The maximum absolute atomic E-state index is 12.3. The zero-order valence-corrected chi connectivity index (χ0v) is 23.6. The number of nitrogens with zero attached hydrogens (tertiary/aromatic N) is 1. The number of pyridine rings is 1. The zero-order valence-electron chi connectivity index (χ0n) is 23.6. The molecule has 0 saturated heterocycles. The molecular weight excluding hydrogens is 516 g/mol. The Hall–Kier alpha value is -4.20. The number of carbonyl (C=O) groups excluding carboxylic acids is 3. The highest BCUT2D eigenvalue weighted by atomic mass is 16.5. The molecule has 1 heterocycles. The number of hydrogen-bond acceptors (Lipinski definition) is 5. The van der Waals surface area contributed by atoms with Crippen molar-refractivity contribution in [1.82, 2.24) is 20.9 Å². The molecule has 216 valence electrons. The molecule has 0 spiro atoms. The predicted octanol–water partition coefficient (Wildman–Crippen LogP) is 4.58. The minimum absolute atomic E-state index is 0.0590. The van der Waals surface area contributed by atoms with E-state index in [1.54, 1.807) is 6.20 Å². The number of aromatic nitrogens is 1. The molecular formula is C33H40N4O4. The third-order valence-electron chi connectivity index (χ3n) is 7.27. The quantitative estimate of drug-likeness (QED) is 0.252. The lowest BCUT2D eigenvalue weighted by molar-refractivity contribution is -0.126. The van der Waals surface area contributed by atoms with Crippen molar-refractivity contribution in [3.05, 3.63) is 84.2 Å². The maximum atomic E-state index is 12.3. The van der Waals surface area contributed by atoms with Gasteiger partial charge in [0.1, 0.15) is 12.4 Å². The van der Waals surface area contributed by atoms with Gasteiger partial charge in [0.15, 0.2) is 0 Å². The molecule has 0 aliphatic heterocycles. The topological polar surface area (TPSA) is 109 Å². The van der Waals surface area contributed by atoms with Gasteiger partial charge >= 0.3 is 0 Å². The van der Waals surface area contributed by atoms with Crippen molar-refractivity contribution in [2.45, 2.75) is 57.9 Å². The Labute approximate surface area is 242 Å². The van der Waals surface area contributed by atoms with Crippen LogP contribution in [0.2, 0.25) is 0 Å². The summed E-state index contributed by atoms with van der Waals surface area (Å²) in [5.74, 6) is 1.00. The van der Waals surface area contributed by atoms with Gasteiger partial charge in [-0.3, -0.25) is 19.4 Å². The van der Waals surface area contributed by atoms with E-state index in [0.29, 0.717) is 37.1 Å². The normalized spacial score (nSPS) is 13.3. The van der Waals surface area contributed by atoms with Crippen LogP contribution in [0.5, 0.6) is 5.75 Å². The van der Waals surface area contributed by atoms with E-state index in [-0.39, 0.29) is 37.0 Å². The molecule has 3 N–H and O–H groups in total. The van der Waals surface area contributed by atoms with Gasteiger partial charge in [-0.25, -0.2) is 0 Å². The first-order valence-corrected chi connectivity index (χ1v) is 14.6. The second kappa shape index (κ2) is 16.2. The fourth-order valence-electron chi connectivity index (χ4n) is 4.88. The van der Waals surface area contributed by atoms with Crippen molar-refractivity contribution in [2.75, 3.05) is 19.7 Å². The molecule has 0 radical (unpaired) electrons. The van der Waals surface area contributed by atoms with Crippen molar-refractivity contribution < 1.29 is 19.1 Å².